The van der Waals surface area contributed by atoms with E-state index >= 15 is 0 Å². The molecule has 1 aromatic rings. The van der Waals surface area contributed by atoms with E-state index in [1.165, 1.54) is 6.07 Å². The minimum Gasteiger partial charge on any atom is -0.433 e. The third-order valence-corrected chi connectivity index (χ3v) is 2.99. The summed E-state index contributed by atoms with van der Waals surface area (Å²) in [6.07, 6.45) is -0.481. The zero-order valence-corrected chi connectivity index (χ0v) is 9.15. The minimum atomic E-state index is -3.02. The lowest BCUT2D eigenvalue weighted by Crippen LogP contribution is -2.27. The summed E-state index contributed by atoms with van der Waals surface area (Å²) in [6.45, 7) is -3.02. The van der Waals surface area contributed by atoms with Crippen molar-refractivity contribution in [3.63, 3.8) is 0 Å². The van der Waals surface area contributed by atoms with Crippen LogP contribution in [-0.4, -0.2) is 12.5 Å². The van der Waals surface area contributed by atoms with E-state index in [0.29, 0.717) is 0 Å². The number of hydrogen-bond donors (Lipinski definition) is 1. The fraction of sp³-hybridized carbons (Fsp3) is 0.400. The number of rotatable bonds is 3. The summed E-state index contributed by atoms with van der Waals surface area (Å²) < 4.78 is 54.0. The van der Waals surface area contributed by atoms with Gasteiger partial charge in [0.1, 0.15) is 11.3 Å². The average Bonchev–Trinajstić information content (AvgIpc) is 2.70. The van der Waals surface area contributed by atoms with E-state index in [1.807, 2.05) is 0 Å². The number of nitrogens with two attached hydrogens (primary N) is 1. The molecule has 17 heavy (non-hydrogen) atoms. The van der Waals surface area contributed by atoms with Crippen LogP contribution in [-0.2, 0) is 5.54 Å². The molecule has 1 aromatic carbocycles. The standard InChI is InChI=1S/C10H8ClF4NO/c11-6-3-5(9(16)4-10(9,14)15)1-2-7(6)17-8(12)13/h1-3,8H,4,16H2. The van der Waals surface area contributed by atoms with Crippen molar-refractivity contribution in [2.75, 3.05) is 0 Å². The van der Waals surface area contributed by atoms with Gasteiger partial charge >= 0.3 is 6.61 Å². The molecular formula is C10H8ClF4NO. The summed E-state index contributed by atoms with van der Waals surface area (Å²) in [5.41, 5.74) is 3.82. The highest BCUT2D eigenvalue weighted by atomic mass is 35.5. The van der Waals surface area contributed by atoms with Gasteiger partial charge in [0, 0.05) is 6.42 Å². The van der Waals surface area contributed by atoms with Gasteiger partial charge in [0.25, 0.3) is 5.92 Å². The molecule has 94 valence electrons. The van der Waals surface area contributed by atoms with Crippen molar-refractivity contribution in [2.24, 2.45) is 5.73 Å². The lowest BCUT2D eigenvalue weighted by atomic mass is 10.1. The van der Waals surface area contributed by atoms with Crippen LogP contribution in [0.3, 0.4) is 0 Å². The molecule has 0 amide bonds. The van der Waals surface area contributed by atoms with Crippen molar-refractivity contribution in [3.8, 4) is 5.75 Å². The summed E-state index contributed by atoms with van der Waals surface area (Å²) >= 11 is 5.64. The molecule has 1 aliphatic carbocycles. The van der Waals surface area contributed by atoms with E-state index in [9.17, 15) is 17.6 Å². The predicted octanol–water partition coefficient (Wildman–Crippen LogP) is 3.13. The molecule has 0 saturated heterocycles. The highest BCUT2D eigenvalue weighted by Crippen LogP contribution is 2.58. The zero-order valence-electron chi connectivity index (χ0n) is 8.39. The van der Waals surface area contributed by atoms with Gasteiger partial charge in [-0.3, -0.25) is 0 Å². The first kappa shape index (κ1) is 12.4. The van der Waals surface area contributed by atoms with E-state index in [-0.39, 0.29) is 16.3 Å². The van der Waals surface area contributed by atoms with Crippen LogP contribution >= 0.6 is 11.6 Å². The summed E-state index contributed by atoms with van der Waals surface area (Å²) in [5.74, 6) is -3.25. The first-order valence-electron chi connectivity index (χ1n) is 4.68. The number of hydrogen-bond acceptors (Lipinski definition) is 2. The molecule has 2 rings (SSSR count). The molecule has 0 spiro atoms. The third kappa shape index (κ3) is 2.07. The first-order valence-corrected chi connectivity index (χ1v) is 5.05. The van der Waals surface area contributed by atoms with E-state index in [1.54, 1.807) is 0 Å². The summed E-state index contributed by atoms with van der Waals surface area (Å²) in [4.78, 5) is 0. The topological polar surface area (TPSA) is 35.2 Å². The lowest BCUT2D eigenvalue weighted by Gasteiger charge is -2.13. The molecule has 7 heteroatoms. The first-order chi connectivity index (χ1) is 7.76. The van der Waals surface area contributed by atoms with Crippen molar-refractivity contribution < 1.29 is 22.3 Å². The molecule has 1 saturated carbocycles. The molecule has 2 nitrogen and oxygen atoms in total. The van der Waals surface area contributed by atoms with Crippen molar-refractivity contribution in [1.29, 1.82) is 0 Å². The van der Waals surface area contributed by atoms with Gasteiger partial charge in [-0.2, -0.15) is 8.78 Å². The van der Waals surface area contributed by atoms with Crippen molar-refractivity contribution in [1.82, 2.24) is 0 Å². The summed E-state index contributed by atoms with van der Waals surface area (Å²) in [6, 6.07) is 3.44. The maximum atomic E-state index is 13.0. The Morgan fingerprint density at radius 1 is 1.35 bits per heavy atom. The molecule has 1 unspecified atom stereocenters. The Kier molecular flexibility index (Phi) is 2.74. The van der Waals surface area contributed by atoms with Crippen LogP contribution in [0.25, 0.3) is 0 Å². The molecular weight excluding hydrogens is 262 g/mol. The average molecular weight is 270 g/mol. The monoisotopic (exact) mass is 269 g/mol. The molecule has 1 fully saturated rings. The predicted molar refractivity (Wildman–Crippen MR) is 53.5 cm³/mol. The SMILES string of the molecule is NC1(c2ccc(OC(F)F)c(Cl)c2)CC1(F)F. The molecule has 1 atom stereocenters. The Hall–Kier alpha value is -1.01. The highest BCUT2D eigenvalue weighted by Gasteiger charge is 2.69. The van der Waals surface area contributed by atoms with Gasteiger partial charge < -0.3 is 10.5 Å². The van der Waals surface area contributed by atoms with Crippen LogP contribution in [0.4, 0.5) is 17.6 Å². The van der Waals surface area contributed by atoms with Crippen molar-refractivity contribution in [3.05, 3.63) is 28.8 Å². The van der Waals surface area contributed by atoms with Crippen LogP contribution in [0, 0.1) is 0 Å². The van der Waals surface area contributed by atoms with E-state index < -0.39 is 24.5 Å². The second-order valence-electron chi connectivity index (χ2n) is 3.88. The van der Waals surface area contributed by atoms with Crippen LogP contribution in [0.15, 0.2) is 18.2 Å². The molecule has 1 aliphatic rings. The highest BCUT2D eigenvalue weighted by molar-refractivity contribution is 6.32. The minimum absolute atomic E-state index is 0.106. The third-order valence-electron chi connectivity index (χ3n) is 2.69. The number of alkyl halides is 4. The largest absolute Gasteiger partial charge is 0.433 e. The van der Waals surface area contributed by atoms with Gasteiger partial charge in [0.2, 0.25) is 0 Å². The number of benzene rings is 1. The normalized spacial score (nSPS) is 26.1. The maximum absolute atomic E-state index is 13.0. The fourth-order valence-corrected chi connectivity index (χ4v) is 1.81. The van der Waals surface area contributed by atoms with Gasteiger partial charge in [-0.05, 0) is 17.7 Å². The van der Waals surface area contributed by atoms with E-state index in [4.69, 9.17) is 17.3 Å². The van der Waals surface area contributed by atoms with Crippen LogP contribution in [0.1, 0.15) is 12.0 Å². The molecule has 0 heterocycles. The van der Waals surface area contributed by atoms with Crippen molar-refractivity contribution in [2.45, 2.75) is 24.5 Å². The lowest BCUT2D eigenvalue weighted by molar-refractivity contribution is -0.0498. The van der Waals surface area contributed by atoms with Crippen LogP contribution < -0.4 is 10.5 Å². The Morgan fingerprint density at radius 2 is 1.94 bits per heavy atom. The molecule has 0 bridgehead atoms. The van der Waals surface area contributed by atoms with E-state index in [2.05, 4.69) is 4.74 Å². The number of ether oxygens (including phenoxy) is 1. The Morgan fingerprint density at radius 3 is 2.35 bits per heavy atom. The van der Waals surface area contributed by atoms with Crippen LogP contribution in [0.2, 0.25) is 5.02 Å². The smallest absolute Gasteiger partial charge is 0.387 e. The van der Waals surface area contributed by atoms with E-state index in [0.717, 1.165) is 12.1 Å². The summed E-state index contributed by atoms with van der Waals surface area (Å²) in [7, 11) is 0. The van der Waals surface area contributed by atoms with Gasteiger partial charge in [-0.25, -0.2) is 8.78 Å². The van der Waals surface area contributed by atoms with Gasteiger partial charge in [-0.15, -0.1) is 0 Å². The summed E-state index contributed by atoms with van der Waals surface area (Å²) in [5, 5.41) is -0.171. The zero-order chi connectivity index (χ0) is 12.8. The second-order valence-corrected chi connectivity index (χ2v) is 4.28. The second kappa shape index (κ2) is 3.74. The Balaban J connectivity index is 2.27. The Labute approximate surface area is 99.3 Å². The molecule has 0 aromatic heterocycles. The maximum Gasteiger partial charge on any atom is 0.387 e. The van der Waals surface area contributed by atoms with Gasteiger partial charge in [0.05, 0.1) is 5.02 Å². The molecule has 0 radical (unpaired) electrons. The Bertz CT molecular complexity index is 454. The van der Waals surface area contributed by atoms with Gasteiger partial charge in [0.15, 0.2) is 0 Å². The van der Waals surface area contributed by atoms with Gasteiger partial charge in [-0.1, -0.05) is 17.7 Å². The van der Waals surface area contributed by atoms with Crippen LogP contribution in [0.5, 0.6) is 5.75 Å². The number of halogens is 5. The fourth-order valence-electron chi connectivity index (χ4n) is 1.59. The van der Waals surface area contributed by atoms with Crippen molar-refractivity contribution >= 4 is 11.6 Å². The molecule has 0 aliphatic heterocycles. The quantitative estimate of drug-likeness (QED) is 0.856. The molecule has 2 N–H and O–H groups in total.